The zero-order valence-corrected chi connectivity index (χ0v) is 10.9. The standard InChI is InChI=1S/C10H17F2N3O2.ClH/c1-7(16)15-4-2-3-8(15)9(17)14-6-10(11,12)5-13;/h8H,2-6,13H2,1H3,(H,14,17);1H. The lowest BCUT2D eigenvalue weighted by Crippen LogP contribution is -2.49. The number of carbonyl (C=O) groups excluding carboxylic acids is 2. The molecule has 1 aliphatic rings. The smallest absolute Gasteiger partial charge is 0.277 e. The normalized spacial score (nSPS) is 19.3. The molecule has 106 valence electrons. The first-order valence-electron chi connectivity index (χ1n) is 5.50. The monoisotopic (exact) mass is 285 g/mol. The van der Waals surface area contributed by atoms with Crippen LogP contribution in [-0.4, -0.2) is 48.3 Å². The van der Waals surface area contributed by atoms with E-state index in [0.717, 1.165) is 0 Å². The Bertz CT molecular complexity index is 315. The molecular weight excluding hydrogens is 268 g/mol. The number of amides is 2. The number of nitrogens with one attached hydrogen (secondary N) is 1. The second kappa shape index (κ2) is 6.84. The number of alkyl halides is 2. The molecule has 0 bridgehead atoms. The molecule has 8 heteroatoms. The Morgan fingerprint density at radius 3 is 2.61 bits per heavy atom. The van der Waals surface area contributed by atoms with Gasteiger partial charge in [0.1, 0.15) is 6.04 Å². The number of halogens is 3. The molecule has 3 N–H and O–H groups in total. The molecule has 1 rings (SSSR count). The minimum absolute atomic E-state index is 0. The minimum atomic E-state index is -3.10. The molecule has 1 unspecified atom stereocenters. The van der Waals surface area contributed by atoms with Gasteiger partial charge in [-0.3, -0.25) is 9.59 Å². The van der Waals surface area contributed by atoms with Gasteiger partial charge in [-0.05, 0) is 12.8 Å². The molecule has 0 radical (unpaired) electrons. The van der Waals surface area contributed by atoms with Gasteiger partial charge in [-0.25, -0.2) is 8.78 Å². The number of nitrogens with two attached hydrogens (primary N) is 1. The summed E-state index contributed by atoms with van der Waals surface area (Å²) in [6.07, 6.45) is 1.23. The molecule has 1 atom stereocenters. The van der Waals surface area contributed by atoms with E-state index >= 15 is 0 Å². The van der Waals surface area contributed by atoms with Crippen LogP contribution < -0.4 is 11.1 Å². The Kier molecular flexibility index (Phi) is 6.48. The van der Waals surface area contributed by atoms with Crippen LogP contribution in [0.15, 0.2) is 0 Å². The summed E-state index contributed by atoms with van der Waals surface area (Å²) >= 11 is 0. The molecule has 2 amide bonds. The lowest BCUT2D eigenvalue weighted by molar-refractivity contribution is -0.137. The summed E-state index contributed by atoms with van der Waals surface area (Å²) in [5.41, 5.74) is 4.86. The first-order chi connectivity index (χ1) is 7.87. The molecule has 1 aliphatic heterocycles. The van der Waals surface area contributed by atoms with Crippen LogP contribution in [0.4, 0.5) is 8.78 Å². The number of nitrogens with zero attached hydrogens (tertiary/aromatic N) is 1. The van der Waals surface area contributed by atoms with Crippen LogP contribution in [-0.2, 0) is 9.59 Å². The summed E-state index contributed by atoms with van der Waals surface area (Å²) in [6, 6.07) is -0.624. The highest BCUT2D eigenvalue weighted by atomic mass is 35.5. The van der Waals surface area contributed by atoms with E-state index in [9.17, 15) is 18.4 Å². The summed E-state index contributed by atoms with van der Waals surface area (Å²) in [4.78, 5) is 24.2. The summed E-state index contributed by atoms with van der Waals surface area (Å²) < 4.78 is 25.7. The van der Waals surface area contributed by atoms with Gasteiger partial charge in [0.05, 0.1) is 13.1 Å². The van der Waals surface area contributed by atoms with Crippen molar-refractivity contribution in [2.24, 2.45) is 5.73 Å². The maximum Gasteiger partial charge on any atom is 0.277 e. The van der Waals surface area contributed by atoms with E-state index in [4.69, 9.17) is 5.73 Å². The Morgan fingerprint density at radius 2 is 2.11 bits per heavy atom. The third kappa shape index (κ3) is 4.38. The zero-order chi connectivity index (χ0) is 13.1. The first kappa shape index (κ1) is 17.1. The molecule has 0 aromatic carbocycles. The predicted octanol–water partition coefficient (Wildman–Crippen LogP) is 0.129. The molecule has 1 heterocycles. The summed E-state index contributed by atoms with van der Waals surface area (Å²) in [5, 5.41) is 2.14. The van der Waals surface area contributed by atoms with Crippen LogP contribution in [0, 0.1) is 0 Å². The molecule has 0 aliphatic carbocycles. The van der Waals surface area contributed by atoms with Crippen LogP contribution in [0.5, 0.6) is 0 Å². The van der Waals surface area contributed by atoms with Gasteiger partial charge in [-0.15, -0.1) is 12.4 Å². The first-order valence-corrected chi connectivity index (χ1v) is 5.50. The summed E-state index contributed by atoms with van der Waals surface area (Å²) in [5.74, 6) is -3.85. The van der Waals surface area contributed by atoms with Gasteiger partial charge >= 0.3 is 0 Å². The highest BCUT2D eigenvalue weighted by Crippen LogP contribution is 2.17. The minimum Gasteiger partial charge on any atom is -0.348 e. The molecule has 18 heavy (non-hydrogen) atoms. The lowest BCUT2D eigenvalue weighted by atomic mass is 10.2. The van der Waals surface area contributed by atoms with Crippen molar-refractivity contribution in [1.29, 1.82) is 0 Å². The van der Waals surface area contributed by atoms with Crippen molar-refractivity contribution in [3.8, 4) is 0 Å². The molecule has 0 aromatic rings. The van der Waals surface area contributed by atoms with E-state index < -0.39 is 31.0 Å². The third-order valence-corrected chi connectivity index (χ3v) is 2.78. The van der Waals surface area contributed by atoms with E-state index in [1.807, 2.05) is 0 Å². The summed E-state index contributed by atoms with van der Waals surface area (Å²) in [7, 11) is 0. The third-order valence-electron chi connectivity index (χ3n) is 2.78. The van der Waals surface area contributed by atoms with Crippen molar-refractivity contribution in [3.05, 3.63) is 0 Å². The number of hydrogen-bond donors (Lipinski definition) is 2. The fourth-order valence-corrected chi connectivity index (χ4v) is 1.82. The highest BCUT2D eigenvalue weighted by Gasteiger charge is 2.34. The van der Waals surface area contributed by atoms with E-state index in [0.29, 0.717) is 19.4 Å². The molecule has 0 saturated carbocycles. The van der Waals surface area contributed by atoms with Gasteiger partial charge in [-0.2, -0.15) is 0 Å². The van der Waals surface area contributed by atoms with Gasteiger partial charge in [0.25, 0.3) is 5.92 Å². The van der Waals surface area contributed by atoms with Crippen LogP contribution in [0.1, 0.15) is 19.8 Å². The van der Waals surface area contributed by atoms with E-state index in [-0.39, 0.29) is 18.3 Å². The maximum absolute atomic E-state index is 12.8. The van der Waals surface area contributed by atoms with E-state index in [1.165, 1.54) is 11.8 Å². The quantitative estimate of drug-likeness (QED) is 0.771. The fraction of sp³-hybridized carbons (Fsp3) is 0.800. The van der Waals surface area contributed by atoms with Crippen molar-refractivity contribution in [2.75, 3.05) is 19.6 Å². The largest absolute Gasteiger partial charge is 0.348 e. The van der Waals surface area contributed by atoms with Crippen molar-refractivity contribution < 1.29 is 18.4 Å². The van der Waals surface area contributed by atoms with E-state index in [2.05, 4.69) is 5.32 Å². The average Bonchev–Trinajstić information content (AvgIpc) is 2.75. The van der Waals surface area contributed by atoms with Crippen molar-refractivity contribution in [3.63, 3.8) is 0 Å². The van der Waals surface area contributed by atoms with Gasteiger partial charge in [0.15, 0.2) is 0 Å². The Morgan fingerprint density at radius 1 is 1.50 bits per heavy atom. The predicted molar refractivity (Wildman–Crippen MR) is 64.7 cm³/mol. The number of rotatable bonds is 4. The Balaban J connectivity index is 0.00000289. The molecular formula is C10H18ClF2N3O2. The van der Waals surface area contributed by atoms with Crippen LogP contribution in [0.2, 0.25) is 0 Å². The van der Waals surface area contributed by atoms with Crippen molar-refractivity contribution >= 4 is 24.2 Å². The van der Waals surface area contributed by atoms with Gasteiger partial charge in [0, 0.05) is 13.5 Å². The molecule has 5 nitrogen and oxygen atoms in total. The van der Waals surface area contributed by atoms with Crippen LogP contribution in [0.25, 0.3) is 0 Å². The SMILES string of the molecule is CC(=O)N1CCCC1C(=O)NCC(F)(F)CN.Cl. The Hall–Kier alpha value is -0.950. The zero-order valence-electron chi connectivity index (χ0n) is 10.1. The number of likely N-dealkylation sites (tertiary alicyclic amines) is 1. The average molecular weight is 286 g/mol. The molecule has 0 aromatic heterocycles. The molecule has 0 spiro atoms. The molecule has 1 saturated heterocycles. The lowest BCUT2D eigenvalue weighted by Gasteiger charge is -2.23. The van der Waals surface area contributed by atoms with E-state index in [1.54, 1.807) is 0 Å². The number of carbonyl (C=O) groups is 2. The Labute approximate surface area is 110 Å². The second-order valence-corrected chi connectivity index (χ2v) is 4.15. The highest BCUT2D eigenvalue weighted by molar-refractivity contribution is 5.87. The summed E-state index contributed by atoms with van der Waals surface area (Å²) in [6.45, 7) is 0.264. The maximum atomic E-state index is 12.8. The number of hydrogen-bond acceptors (Lipinski definition) is 3. The van der Waals surface area contributed by atoms with Crippen LogP contribution >= 0.6 is 12.4 Å². The van der Waals surface area contributed by atoms with Gasteiger partial charge in [0.2, 0.25) is 11.8 Å². The van der Waals surface area contributed by atoms with Crippen molar-refractivity contribution in [1.82, 2.24) is 10.2 Å². The van der Waals surface area contributed by atoms with Crippen LogP contribution in [0.3, 0.4) is 0 Å². The second-order valence-electron chi connectivity index (χ2n) is 4.15. The molecule has 1 fully saturated rings. The van der Waals surface area contributed by atoms with Crippen molar-refractivity contribution in [2.45, 2.75) is 31.7 Å². The topological polar surface area (TPSA) is 75.4 Å². The van der Waals surface area contributed by atoms with Gasteiger partial charge < -0.3 is 16.0 Å². The fourth-order valence-electron chi connectivity index (χ4n) is 1.82. The van der Waals surface area contributed by atoms with Gasteiger partial charge in [-0.1, -0.05) is 0 Å².